The normalized spacial score (nSPS) is 27.7. The van der Waals surface area contributed by atoms with Gasteiger partial charge in [-0.1, -0.05) is 32.0 Å². The van der Waals surface area contributed by atoms with E-state index in [1.165, 1.54) is 0 Å². The van der Waals surface area contributed by atoms with Crippen LogP contribution < -0.4 is 0 Å². The first kappa shape index (κ1) is 33.7. The maximum Gasteiger partial charge on any atom is 0.340 e. The summed E-state index contributed by atoms with van der Waals surface area (Å²) >= 11 is 0. The van der Waals surface area contributed by atoms with Gasteiger partial charge < -0.3 is 38.1 Å². The Hall–Kier alpha value is -2.79. The van der Waals surface area contributed by atoms with E-state index in [-0.39, 0.29) is 18.1 Å². The highest BCUT2D eigenvalue weighted by Gasteiger charge is 2.50. The van der Waals surface area contributed by atoms with E-state index in [0.29, 0.717) is 29.7 Å². The Balaban J connectivity index is 2.08. The standard InChI is InChI=1S/C32H47NO9/c1-19(18-34)17-32(7,37-10)27(21(3)25-22(4)28(35)42-31(5,6)41-25)40-30-26(24(33(8)9)16-20(2)38-30)39-29(36)23-14-12-11-13-15-23/h11-15,18-21,24,26-27,30H,16-17H2,1-10H3/t19-,20?,21+,24?,26?,27-,30?,32?/m1/s1. The highest BCUT2D eigenvalue weighted by Crippen LogP contribution is 2.41. The maximum absolute atomic E-state index is 13.3. The average Bonchev–Trinajstić information content (AvgIpc) is 2.94. The molecule has 1 saturated heterocycles. The molecule has 0 spiro atoms. The van der Waals surface area contributed by atoms with E-state index < -0.39 is 47.7 Å². The Morgan fingerprint density at radius 1 is 1.19 bits per heavy atom. The Kier molecular flexibility index (Phi) is 11.0. The minimum Gasteiger partial charge on any atom is -0.456 e. The van der Waals surface area contributed by atoms with Gasteiger partial charge in [0.2, 0.25) is 5.79 Å². The zero-order chi connectivity index (χ0) is 31.4. The molecule has 42 heavy (non-hydrogen) atoms. The molecule has 2 aliphatic heterocycles. The van der Waals surface area contributed by atoms with Gasteiger partial charge in [0, 0.05) is 32.8 Å². The monoisotopic (exact) mass is 589 g/mol. The zero-order valence-electron chi connectivity index (χ0n) is 26.5. The predicted octanol–water partition coefficient (Wildman–Crippen LogP) is 4.51. The first-order chi connectivity index (χ1) is 19.6. The average molecular weight is 590 g/mol. The van der Waals surface area contributed by atoms with Crippen LogP contribution in [-0.4, -0.2) is 86.4 Å². The Labute approximate surface area is 249 Å². The van der Waals surface area contributed by atoms with Crippen molar-refractivity contribution < 1.29 is 42.8 Å². The fourth-order valence-corrected chi connectivity index (χ4v) is 5.80. The number of ether oxygens (including phenoxy) is 6. The SMILES string of the molecule is COC(C)(C[C@@H](C)C=O)[C@H](OC1OC(C)CC(N(C)C)C1OC(=O)c1ccccc1)[C@@H](C)C1=C(C)C(=O)OC(C)(C)O1. The van der Waals surface area contributed by atoms with Crippen LogP contribution >= 0.6 is 0 Å². The summed E-state index contributed by atoms with van der Waals surface area (Å²) in [5, 5.41) is 0. The minimum absolute atomic E-state index is 0.214. The Morgan fingerprint density at radius 3 is 2.40 bits per heavy atom. The first-order valence-electron chi connectivity index (χ1n) is 14.5. The molecule has 0 bridgehead atoms. The number of methoxy groups -OCH3 is 1. The number of hydrogen-bond acceptors (Lipinski definition) is 10. The summed E-state index contributed by atoms with van der Waals surface area (Å²) in [6.07, 6.45) is -1.01. The molecule has 0 aromatic heterocycles. The van der Waals surface area contributed by atoms with Crippen molar-refractivity contribution in [1.82, 2.24) is 4.90 Å². The summed E-state index contributed by atoms with van der Waals surface area (Å²) in [5.41, 5.74) is -0.308. The molecule has 0 aliphatic carbocycles. The molecule has 1 aromatic rings. The van der Waals surface area contributed by atoms with Gasteiger partial charge in [-0.15, -0.1) is 0 Å². The van der Waals surface area contributed by atoms with Crippen molar-refractivity contribution in [3.63, 3.8) is 0 Å². The van der Waals surface area contributed by atoms with E-state index in [2.05, 4.69) is 0 Å². The lowest BCUT2D eigenvalue weighted by molar-refractivity contribution is -0.297. The second kappa shape index (κ2) is 13.7. The number of esters is 2. The van der Waals surface area contributed by atoms with Gasteiger partial charge in [0.05, 0.1) is 35.0 Å². The smallest absolute Gasteiger partial charge is 0.340 e. The molecule has 0 amide bonds. The summed E-state index contributed by atoms with van der Waals surface area (Å²) in [4.78, 5) is 39.8. The van der Waals surface area contributed by atoms with Gasteiger partial charge in [-0.25, -0.2) is 9.59 Å². The van der Waals surface area contributed by atoms with Crippen molar-refractivity contribution in [1.29, 1.82) is 0 Å². The Morgan fingerprint density at radius 2 is 1.83 bits per heavy atom. The number of rotatable bonds is 12. The molecular weight excluding hydrogens is 542 g/mol. The molecule has 3 rings (SSSR count). The van der Waals surface area contributed by atoms with Gasteiger partial charge in [0.25, 0.3) is 0 Å². The van der Waals surface area contributed by atoms with Crippen LogP contribution in [0, 0.1) is 11.8 Å². The van der Waals surface area contributed by atoms with E-state index >= 15 is 0 Å². The number of cyclic esters (lactones) is 1. The summed E-state index contributed by atoms with van der Waals surface area (Å²) in [6.45, 7) is 12.5. The van der Waals surface area contributed by atoms with Crippen molar-refractivity contribution >= 4 is 18.2 Å². The van der Waals surface area contributed by atoms with Crippen molar-refractivity contribution in [3.8, 4) is 0 Å². The third kappa shape index (κ3) is 7.78. The van der Waals surface area contributed by atoms with Gasteiger partial charge in [-0.3, -0.25) is 0 Å². The number of carbonyl (C=O) groups is 3. The van der Waals surface area contributed by atoms with Crippen LogP contribution in [0.1, 0.15) is 71.7 Å². The van der Waals surface area contributed by atoms with Gasteiger partial charge in [-0.05, 0) is 59.8 Å². The molecular formula is C32H47NO9. The van der Waals surface area contributed by atoms with Gasteiger partial charge in [0.15, 0.2) is 12.4 Å². The van der Waals surface area contributed by atoms with Crippen molar-refractivity contribution in [2.75, 3.05) is 21.2 Å². The van der Waals surface area contributed by atoms with Gasteiger partial charge in [-0.2, -0.15) is 0 Å². The zero-order valence-corrected chi connectivity index (χ0v) is 26.5. The number of nitrogens with zero attached hydrogens (tertiary/aromatic N) is 1. The Bertz CT molecular complexity index is 1130. The largest absolute Gasteiger partial charge is 0.456 e. The number of benzene rings is 1. The predicted molar refractivity (Wildman–Crippen MR) is 155 cm³/mol. The van der Waals surface area contributed by atoms with Crippen LogP contribution in [-0.2, 0) is 38.0 Å². The topological polar surface area (TPSA) is 110 Å². The fourth-order valence-electron chi connectivity index (χ4n) is 5.80. The van der Waals surface area contributed by atoms with Crippen LogP contribution in [0.2, 0.25) is 0 Å². The summed E-state index contributed by atoms with van der Waals surface area (Å²) in [5.74, 6) is -2.68. The molecule has 5 unspecified atom stereocenters. The minimum atomic E-state index is -1.19. The number of hydrogen-bond donors (Lipinski definition) is 0. The highest BCUT2D eigenvalue weighted by atomic mass is 16.7. The van der Waals surface area contributed by atoms with Gasteiger partial charge in [0.1, 0.15) is 12.0 Å². The molecule has 10 nitrogen and oxygen atoms in total. The molecule has 234 valence electrons. The summed E-state index contributed by atoms with van der Waals surface area (Å²) < 4.78 is 37.0. The van der Waals surface area contributed by atoms with E-state index in [9.17, 15) is 14.4 Å². The van der Waals surface area contributed by atoms with Gasteiger partial charge >= 0.3 is 11.9 Å². The molecule has 0 saturated carbocycles. The summed E-state index contributed by atoms with van der Waals surface area (Å²) in [7, 11) is 5.40. The number of aldehydes is 1. The molecule has 0 radical (unpaired) electrons. The van der Waals surface area contributed by atoms with E-state index in [4.69, 9.17) is 28.4 Å². The van der Waals surface area contributed by atoms with E-state index in [1.54, 1.807) is 59.1 Å². The van der Waals surface area contributed by atoms with Crippen LogP contribution in [0.3, 0.4) is 0 Å². The lowest BCUT2D eigenvalue weighted by Gasteiger charge is -2.48. The van der Waals surface area contributed by atoms with E-state index in [1.807, 2.05) is 45.8 Å². The first-order valence-corrected chi connectivity index (χ1v) is 14.5. The maximum atomic E-state index is 13.3. The van der Waals surface area contributed by atoms with Crippen molar-refractivity contribution in [2.45, 2.75) is 103 Å². The lowest BCUT2D eigenvalue weighted by Crippen LogP contribution is -2.59. The quantitative estimate of drug-likeness (QED) is 0.255. The second-order valence-corrected chi connectivity index (χ2v) is 12.4. The lowest BCUT2D eigenvalue weighted by atomic mass is 9.80. The number of likely N-dealkylation sites (N-methyl/N-ethyl adjacent to an activating group) is 1. The van der Waals surface area contributed by atoms with Crippen LogP contribution in [0.4, 0.5) is 0 Å². The van der Waals surface area contributed by atoms with Crippen LogP contribution in [0.25, 0.3) is 0 Å². The fraction of sp³-hybridized carbons (Fsp3) is 0.656. The third-order valence-electron chi connectivity index (χ3n) is 8.05. The highest BCUT2D eigenvalue weighted by molar-refractivity contribution is 5.89. The van der Waals surface area contributed by atoms with E-state index in [0.717, 1.165) is 6.29 Å². The van der Waals surface area contributed by atoms with Crippen molar-refractivity contribution in [3.05, 3.63) is 47.2 Å². The number of carbonyl (C=O) groups excluding carboxylic acids is 3. The molecule has 1 fully saturated rings. The summed E-state index contributed by atoms with van der Waals surface area (Å²) in [6, 6.07) is 8.55. The molecule has 1 aromatic carbocycles. The molecule has 0 N–H and O–H groups in total. The van der Waals surface area contributed by atoms with Crippen molar-refractivity contribution in [2.24, 2.45) is 11.8 Å². The van der Waals surface area contributed by atoms with Crippen LogP contribution in [0.15, 0.2) is 41.7 Å². The molecule has 10 heteroatoms. The molecule has 8 atom stereocenters. The molecule has 2 heterocycles. The molecule has 2 aliphatic rings. The third-order valence-corrected chi connectivity index (χ3v) is 8.05. The second-order valence-electron chi connectivity index (χ2n) is 12.4. The van der Waals surface area contributed by atoms with Crippen LogP contribution in [0.5, 0.6) is 0 Å².